The Morgan fingerprint density at radius 3 is 2.48 bits per heavy atom. The Balaban J connectivity index is 2.76. The molecule has 0 saturated carbocycles. The molecule has 0 aliphatic heterocycles. The Labute approximate surface area is 144 Å². The quantitative estimate of drug-likeness (QED) is 0.656. The number of nitrogens with zero attached hydrogens (tertiary/aromatic N) is 2. The number of amides is 2. The lowest BCUT2D eigenvalue weighted by atomic mass is 10.2. The van der Waals surface area contributed by atoms with Gasteiger partial charge in [0, 0.05) is 7.05 Å². The summed E-state index contributed by atoms with van der Waals surface area (Å²) in [5, 5.41) is 1.97. The molecule has 0 unspecified atom stereocenters. The summed E-state index contributed by atoms with van der Waals surface area (Å²) < 4.78 is 52.9. The lowest BCUT2D eigenvalue weighted by Gasteiger charge is -2.22. The van der Waals surface area contributed by atoms with Crippen LogP contribution in [0.25, 0.3) is 0 Å². The van der Waals surface area contributed by atoms with Gasteiger partial charge in [-0.05, 0) is 24.3 Å². The third-order valence-corrected chi connectivity index (χ3v) is 3.45. The first kappa shape index (κ1) is 18.7. The van der Waals surface area contributed by atoms with Crippen LogP contribution in [0.5, 0.6) is 0 Å². The summed E-state index contributed by atoms with van der Waals surface area (Å²) >= 11 is 5.86. The van der Waals surface area contributed by atoms with Gasteiger partial charge in [-0.3, -0.25) is 14.5 Å². The molecule has 1 aromatic carbocycles. The van der Waals surface area contributed by atoms with Crippen LogP contribution in [0.3, 0.4) is 0 Å². The van der Waals surface area contributed by atoms with Crippen molar-refractivity contribution in [3.05, 3.63) is 52.4 Å². The molecule has 2 aromatic rings. The van der Waals surface area contributed by atoms with Gasteiger partial charge >= 0.3 is 6.18 Å². The second-order valence-electron chi connectivity index (χ2n) is 4.69. The molecule has 1 N–H and O–H groups in total. The van der Waals surface area contributed by atoms with Crippen LogP contribution >= 0.6 is 11.6 Å². The molecule has 1 heterocycles. The number of alkyl halides is 3. The summed E-state index contributed by atoms with van der Waals surface area (Å²) in [6.07, 6.45) is -4.80. The minimum atomic E-state index is -4.83. The van der Waals surface area contributed by atoms with E-state index in [2.05, 4.69) is 10.3 Å². The largest absolute Gasteiger partial charge is 0.433 e. The summed E-state index contributed by atoms with van der Waals surface area (Å²) in [4.78, 5) is 27.2. The van der Waals surface area contributed by atoms with E-state index in [4.69, 9.17) is 11.6 Å². The highest BCUT2D eigenvalue weighted by atomic mass is 35.5. The minimum Gasteiger partial charge on any atom is -0.355 e. The van der Waals surface area contributed by atoms with E-state index in [9.17, 15) is 27.2 Å². The molecule has 0 aliphatic rings. The summed E-state index contributed by atoms with van der Waals surface area (Å²) in [5.41, 5.74) is -2.23. The van der Waals surface area contributed by atoms with Crippen LogP contribution in [0.4, 0.5) is 29.1 Å². The first-order chi connectivity index (χ1) is 11.7. The van der Waals surface area contributed by atoms with Crippen molar-refractivity contribution in [3.63, 3.8) is 0 Å². The number of rotatable bonds is 4. The molecule has 0 fully saturated rings. The van der Waals surface area contributed by atoms with Crippen molar-refractivity contribution in [2.24, 2.45) is 0 Å². The Bertz CT molecular complexity index is 807. The van der Waals surface area contributed by atoms with Gasteiger partial charge in [0.15, 0.2) is 5.82 Å². The number of anilines is 2. The van der Waals surface area contributed by atoms with Crippen molar-refractivity contribution < 1.29 is 27.2 Å². The van der Waals surface area contributed by atoms with Gasteiger partial charge in [-0.2, -0.15) is 13.2 Å². The van der Waals surface area contributed by atoms with Gasteiger partial charge in [-0.25, -0.2) is 9.37 Å². The molecule has 0 spiro atoms. The molecule has 2 rings (SSSR count). The number of halogens is 5. The number of hydrogen-bond donors (Lipinski definition) is 1. The Kier molecular flexibility index (Phi) is 5.27. The minimum absolute atomic E-state index is 0.0270. The fraction of sp³-hybridized carbons (Fsp3) is 0.133. The van der Waals surface area contributed by atoms with Crippen molar-refractivity contribution in [1.29, 1.82) is 0 Å². The van der Waals surface area contributed by atoms with Gasteiger partial charge in [0.25, 0.3) is 5.91 Å². The van der Waals surface area contributed by atoms with Gasteiger partial charge in [0.05, 0.1) is 10.6 Å². The van der Waals surface area contributed by atoms with Crippen LogP contribution in [0.15, 0.2) is 30.3 Å². The molecule has 0 saturated heterocycles. The standard InChI is InChI=1S/C15H10ClF4N3O2/c1-21-14(25)8-5-6-11(15(18,19)20)22-13(8)23(7-24)12-9(16)3-2-4-10(12)17/h2-7H,1H3,(H,21,25). The average molecular weight is 376 g/mol. The van der Waals surface area contributed by atoms with Crippen molar-refractivity contribution >= 4 is 35.4 Å². The van der Waals surface area contributed by atoms with E-state index in [0.717, 1.165) is 12.1 Å². The van der Waals surface area contributed by atoms with Crippen LogP contribution in [0, 0.1) is 5.82 Å². The fourth-order valence-corrected chi connectivity index (χ4v) is 2.28. The number of benzene rings is 1. The third kappa shape index (κ3) is 3.71. The highest BCUT2D eigenvalue weighted by Gasteiger charge is 2.35. The van der Waals surface area contributed by atoms with Crippen molar-refractivity contribution in [2.75, 3.05) is 11.9 Å². The predicted molar refractivity (Wildman–Crippen MR) is 82.2 cm³/mol. The van der Waals surface area contributed by atoms with Gasteiger partial charge in [0.2, 0.25) is 6.41 Å². The SMILES string of the molecule is CNC(=O)c1ccc(C(F)(F)F)nc1N(C=O)c1c(F)cccc1Cl. The van der Waals surface area contributed by atoms with E-state index >= 15 is 0 Å². The van der Waals surface area contributed by atoms with E-state index in [-0.39, 0.29) is 17.0 Å². The smallest absolute Gasteiger partial charge is 0.355 e. The maximum absolute atomic E-state index is 14.1. The molecule has 1 aromatic heterocycles. The van der Waals surface area contributed by atoms with Crippen LogP contribution in [0.2, 0.25) is 5.02 Å². The summed E-state index contributed by atoms with van der Waals surface area (Å²) in [6.45, 7) is 0. The van der Waals surface area contributed by atoms with Crippen LogP contribution in [-0.2, 0) is 11.0 Å². The van der Waals surface area contributed by atoms with Crippen LogP contribution in [-0.4, -0.2) is 24.3 Å². The van der Waals surface area contributed by atoms with E-state index < -0.39 is 35.1 Å². The number of nitrogens with one attached hydrogen (secondary N) is 1. The molecule has 132 valence electrons. The second kappa shape index (κ2) is 7.06. The first-order valence-electron chi connectivity index (χ1n) is 6.69. The average Bonchev–Trinajstić information content (AvgIpc) is 2.56. The molecule has 2 amide bonds. The number of carbonyl (C=O) groups excluding carboxylic acids is 2. The molecule has 25 heavy (non-hydrogen) atoms. The Hall–Kier alpha value is -2.68. The summed E-state index contributed by atoms with van der Waals surface area (Å²) in [7, 11) is 1.24. The Morgan fingerprint density at radius 2 is 1.96 bits per heavy atom. The predicted octanol–water partition coefficient (Wildman–Crippen LogP) is 3.55. The molecule has 0 radical (unpaired) electrons. The van der Waals surface area contributed by atoms with Crippen molar-refractivity contribution in [3.8, 4) is 0 Å². The third-order valence-electron chi connectivity index (χ3n) is 3.15. The summed E-state index contributed by atoms with van der Waals surface area (Å²) in [6, 6.07) is 4.88. The topological polar surface area (TPSA) is 62.3 Å². The molecular formula is C15H10ClF4N3O2. The van der Waals surface area contributed by atoms with E-state index in [1.165, 1.54) is 19.2 Å². The number of para-hydroxylation sites is 1. The number of carbonyl (C=O) groups is 2. The number of pyridine rings is 1. The Morgan fingerprint density at radius 1 is 1.28 bits per heavy atom. The maximum Gasteiger partial charge on any atom is 0.433 e. The van der Waals surface area contributed by atoms with Crippen molar-refractivity contribution in [1.82, 2.24) is 10.3 Å². The van der Waals surface area contributed by atoms with Crippen molar-refractivity contribution in [2.45, 2.75) is 6.18 Å². The zero-order chi connectivity index (χ0) is 18.8. The lowest BCUT2D eigenvalue weighted by Crippen LogP contribution is -2.26. The van der Waals surface area contributed by atoms with Gasteiger partial charge in [-0.1, -0.05) is 17.7 Å². The highest BCUT2D eigenvalue weighted by Crippen LogP contribution is 2.36. The molecular weight excluding hydrogens is 366 g/mol. The number of hydrogen-bond acceptors (Lipinski definition) is 3. The van der Waals surface area contributed by atoms with Crippen LogP contribution < -0.4 is 10.2 Å². The van der Waals surface area contributed by atoms with E-state index in [0.29, 0.717) is 11.0 Å². The second-order valence-corrected chi connectivity index (χ2v) is 5.10. The molecule has 5 nitrogen and oxygen atoms in total. The fourth-order valence-electron chi connectivity index (χ4n) is 2.03. The van der Waals surface area contributed by atoms with E-state index in [1.807, 2.05) is 0 Å². The zero-order valence-corrected chi connectivity index (χ0v) is 13.3. The first-order valence-corrected chi connectivity index (χ1v) is 7.07. The summed E-state index contributed by atoms with van der Waals surface area (Å²) in [5.74, 6) is -2.48. The molecule has 0 aliphatic carbocycles. The van der Waals surface area contributed by atoms with Gasteiger partial charge in [0.1, 0.15) is 17.2 Å². The molecule has 10 heteroatoms. The highest BCUT2D eigenvalue weighted by molar-refractivity contribution is 6.34. The lowest BCUT2D eigenvalue weighted by molar-refractivity contribution is -0.141. The molecule has 0 bridgehead atoms. The van der Waals surface area contributed by atoms with Gasteiger partial charge < -0.3 is 5.32 Å². The maximum atomic E-state index is 14.1. The monoisotopic (exact) mass is 375 g/mol. The zero-order valence-electron chi connectivity index (χ0n) is 12.6. The van der Waals surface area contributed by atoms with Gasteiger partial charge in [-0.15, -0.1) is 0 Å². The van der Waals surface area contributed by atoms with E-state index in [1.54, 1.807) is 0 Å². The molecule has 0 atom stereocenters. The number of aromatic nitrogens is 1. The van der Waals surface area contributed by atoms with Crippen LogP contribution in [0.1, 0.15) is 16.1 Å². The normalized spacial score (nSPS) is 11.1.